The largest absolute Gasteiger partial charge is 0.455 e. The second-order valence-corrected chi connectivity index (χ2v) is 17.6. The SMILES string of the molecule is CC12C=CC=C(c3nc(-c4ccccc4)nc(-c4cccc5c4oc4c6ccccc6ccc54)n3)C1c1ccc(-n3c4ccccc4c4ccc5ccccc5c43)cc1S2. The van der Waals surface area contributed by atoms with Crippen LogP contribution < -0.4 is 0 Å². The maximum Gasteiger partial charge on any atom is 0.167 e. The van der Waals surface area contributed by atoms with E-state index in [0.29, 0.717) is 17.5 Å². The molecule has 2 aliphatic rings. The summed E-state index contributed by atoms with van der Waals surface area (Å²) in [6.45, 7) is 2.35. The molecule has 1 aliphatic carbocycles. The van der Waals surface area contributed by atoms with Crippen molar-refractivity contribution in [3.05, 3.63) is 193 Å². The molecule has 4 heterocycles. The third-order valence-corrected chi connectivity index (χ3v) is 14.0. The molecule has 11 aromatic rings. The second kappa shape index (κ2) is 12.6. The zero-order chi connectivity index (χ0) is 39.5. The fraction of sp³-hybridized carbons (Fsp3) is 0.0556. The Labute approximate surface area is 349 Å². The molecule has 8 aromatic carbocycles. The fourth-order valence-corrected chi connectivity index (χ4v) is 11.4. The van der Waals surface area contributed by atoms with Gasteiger partial charge in [-0.1, -0.05) is 152 Å². The molecule has 0 fully saturated rings. The summed E-state index contributed by atoms with van der Waals surface area (Å²) in [5, 5.41) is 9.35. The minimum atomic E-state index is -0.252. The third kappa shape index (κ3) is 4.85. The van der Waals surface area contributed by atoms with Crippen LogP contribution in [-0.2, 0) is 0 Å². The lowest BCUT2D eigenvalue weighted by atomic mass is 9.77. The summed E-state index contributed by atoms with van der Waals surface area (Å²) in [7, 11) is 0. The van der Waals surface area contributed by atoms with Gasteiger partial charge in [-0.2, -0.15) is 0 Å². The van der Waals surface area contributed by atoms with E-state index in [0.717, 1.165) is 55.1 Å². The number of hydrogen-bond donors (Lipinski definition) is 0. The van der Waals surface area contributed by atoms with Crippen molar-refractivity contribution >= 4 is 82.6 Å². The second-order valence-electron chi connectivity index (χ2n) is 16.1. The van der Waals surface area contributed by atoms with Crippen LogP contribution in [0.5, 0.6) is 0 Å². The molecular formula is C54H34N4OS. The number of rotatable bonds is 4. The molecular weight excluding hydrogens is 753 g/mol. The number of thioether (sulfide) groups is 1. The summed E-state index contributed by atoms with van der Waals surface area (Å²) in [5.74, 6) is 1.91. The van der Waals surface area contributed by atoms with E-state index in [1.54, 1.807) is 0 Å². The minimum absolute atomic E-state index is 0.0164. The van der Waals surface area contributed by atoms with Crippen LogP contribution in [0.3, 0.4) is 0 Å². The Bertz CT molecular complexity index is 3670. The van der Waals surface area contributed by atoms with Gasteiger partial charge in [0.1, 0.15) is 11.2 Å². The highest BCUT2D eigenvalue weighted by atomic mass is 32.2. The Balaban J connectivity index is 0.985. The Morgan fingerprint density at radius 3 is 2.12 bits per heavy atom. The molecule has 6 heteroatoms. The average Bonchev–Trinajstić information content (AvgIpc) is 3.96. The highest BCUT2D eigenvalue weighted by Crippen LogP contribution is 2.60. The summed E-state index contributed by atoms with van der Waals surface area (Å²) in [6.07, 6.45) is 6.73. The molecule has 60 heavy (non-hydrogen) atoms. The van der Waals surface area contributed by atoms with Gasteiger partial charge in [0, 0.05) is 64.7 Å². The van der Waals surface area contributed by atoms with Crippen LogP contribution in [0.25, 0.3) is 99.3 Å². The predicted molar refractivity (Wildman–Crippen MR) is 248 cm³/mol. The van der Waals surface area contributed by atoms with Gasteiger partial charge in [0.2, 0.25) is 0 Å². The van der Waals surface area contributed by atoms with Crippen molar-refractivity contribution in [1.82, 2.24) is 19.5 Å². The molecule has 2 atom stereocenters. The van der Waals surface area contributed by atoms with E-state index in [-0.39, 0.29) is 10.7 Å². The van der Waals surface area contributed by atoms with Gasteiger partial charge < -0.3 is 8.98 Å². The van der Waals surface area contributed by atoms with Gasteiger partial charge in [0.15, 0.2) is 17.5 Å². The first kappa shape index (κ1) is 33.7. The number of aromatic nitrogens is 4. The van der Waals surface area contributed by atoms with Gasteiger partial charge >= 0.3 is 0 Å². The fourth-order valence-electron chi connectivity index (χ4n) is 9.89. The summed E-state index contributed by atoms with van der Waals surface area (Å²) in [4.78, 5) is 17.1. The zero-order valence-corrected chi connectivity index (χ0v) is 33.3. The third-order valence-electron chi connectivity index (χ3n) is 12.6. The summed E-state index contributed by atoms with van der Waals surface area (Å²) in [5.41, 5.74) is 9.37. The van der Waals surface area contributed by atoms with E-state index in [2.05, 4.69) is 175 Å². The summed E-state index contributed by atoms with van der Waals surface area (Å²) in [6, 6.07) is 58.2. The van der Waals surface area contributed by atoms with Crippen molar-refractivity contribution in [3.8, 4) is 28.5 Å². The molecule has 282 valence electrons. The number of para-hydroxylation sites is 2. The van der Waals surface area contributed by atoms with Gasteiger partial charge in [0.05, 0.1) is 16.6 Å². The molecule has 13 rings (SSSR count). The monoisotopic (exact) mass is 786 g/mol. The molecule has 0 N–H and O–H groups in total. The van der Waals surface area contributed by atoms with Crippen molar-refractivity contribution in [2.75, 3.05) is 0 Å². The van der Waals surface area contributed by atoms with Crippen LogP contribution in [0.1, 0.15) is 24.2 Å². The lowest BCUT2D eigenvalue weighted by molar-refractivity contribution is 0.673. The first-order valence-corrected chi connectivity index (χ1v) is 21.2. The lowest BCUT2D eigenvalue weighted by Gasteiger charge is -2.32. The molecule has 0 saturated carbocycles. The van der Waals surface area contributed by atoms with Crippen LogP contribution in [0, 0.1) is 0 Å². The van der Waals surface area contributed by atoms with E-state index in [9.17, 15) is 0 Å². The number of hydrogen-bond acceptors (Lipinski definition) is 5. The average molecular weight is 787 g/mol. The Kier molecular flexibility index (Phi) is 7.08. The van der Waals surface area contributed by atoms with Crippen LogP contribution in [0.2, 0.25) is 0 Å². The van der Waals surface area contributed by atoms with E-state index >= 15 is 0 Å². The Morgan fingerprint density at radius 1 is 0.567 bits per heavy atom. The Hall–Kier alpha value is -7.28. The molecule has 1 aliphatic heterocycles. The summed E-state index contributed by atoms with van der Waals surface area (Å²) >= 11 is 1.93. The highest BCUT2D eigenvalue weighted by molar-refractivity contribution is 8.01. The van der Waals surface area contributed by atoms with E-state index in [1.165, 1.54) is 43.0 Å². The van der Waals surface area contributed by atoms with Gasteiger partial charge in [-0.15, -0.1) is 11.8 Å². The molecule has 2 unspecified atom stereocenters. The molecule has 0 spiro atoms. The molecule has 0 radical (unpaired) electrons. The number of allylic oxidation sites excluding steroid dienone is 3. The van der Waals surface area contributed by atoms with Crippen molar-refractivity contribution in [3.63, 3.8) is 0 Å². The zero-order valence-electron chi connectivity index (χ0n) is 32.5. The predicted octanol–water partition coefficient (Wildman–Crippen LogP) is 14.1. The van der Waals surface area contributed by atoms with E-state index < -0.39 is 0 Å². The quantitative estimate of drug-likeness (QED) is 0.178. The van der Waals surface area contributed by atoms with Crippen molar-refractivity contribution in [1.29, 1.82) is 0 Å². The van der Waals surface area contributed by atoms with E-state index in [1.807, 2.05) is 30.0 Å². The minimum Gasteiger partial charge on any atom is -0.455 e. The first-order valence-electron chi connectivity index (χ1n) is 20.4. The maximum absolute atomic E-state index is 6.80. The molecule has 5 nitrogen and oxygen atoms in total. The van der Waals surface area contributed by atoms with Gasteiger partial charge in [0.25, 0.3) is 0 Å². The van der Waals surface area contributed by atoms with Crippen LogP contribution in [0.15, 0.2) is 191 Å². The van der Waals surface area contributed by atoms with Crippen molar-refractivity contribution in [2.45, 2.75) is 22.5 Å². The van der Waals surface area contributed by atoms with Crippen LogP contribution in [-0.4, -0.2) is 24.3 Å². The molecule has 0 amide bonds. The normalized spacial score (nSPS) is 17.3. The van der Waals surface area contributed by atoms with Crippen LogP contribution >= 0.6 is 11.8 Å². The van der Waals surface area contributed by atoms with Crippen LogP contribution in [0.4, 0.5) is 0 Å². The standard InChI is InChI=1S/C54H34N4OS/c1-54-30-12-22-43(47(54)42-29-26-35(31-46(42)60-54)58-45-23-10-9-19-38(45)39-27-24-32-13-5-7-17-36(32)48(39)58)52-55-51(34-15-3-2-4-16-34)56-53(57-52)44-21-11-20-40-41-28-25-33-14-6-8-18-37(33)49(41)59-50(40)44/h2-31,47H,1H3. The van der Waals surface area contributed by atoms with Gasteiger partial charge in [-0.3, -0.25) is 0 Å². The maximum atomic E-state index is 6.80. The topological polar surface area (TPSA) is 56.7 Å². The van der Waals surface area contributed by atoms with Crippen molar-refractivity contribution in [2.24, 2.45) is 0 Å². The number of benzene rings is 8. The van der Waals surface area contributed by atoms with Crippen molar-refractivity contribution < 1.29 is 4.42 Å². The molecule has 0 bridgehead atoms. The summed E-state index contributed by atoms with van der Waals surface area (Å²) < 4.78 is 9.00. The Morgan fingerprint density at radius 2 is 1.25 bits per heavy atom. The molecule has 3 aromatic heterocycles. The number of fused-ring (bicyclic) bond motifs is 13. The molecule has 0 saturated heterocycles. The van der Waals surface area contributed by atoms with E-state index in [4.69, 9.17) is 19.4 Å². The van der Waals surface area contributed by atoms with Gasteiger partial charge in [-0.25, -0.2) is 15.0 Å². The first-order chi connectivity index (χ1) is 29.6. The number of furan rings is 1. The smallest absolute Gasteiger partial charge is 0.167 e. The highest BCUT2D eigenvalue weighted by Gasteiger charge is 2.46. The number of nitrogens with zero attached hydrogens (tertiary/aromatic N) is 4. The van der Waals surface area contributed by atoms with Gasteiger partial charge in [-0.05, 0) is 53.6 Å². The lowest BCUT2D eigenvalue weighted by Crippen LogP contribution is -2.26.